The van der Waals surface area contributed by atoms with E-state index < -0.39 is 21.7 Å². The molecule has 0 bridgehead atoms. The van der Waals surface area contributed by atoms with E-state index in [-0.39, 0.29) is 23.3 Å². The van der Waals surface area contributed by atoms with Crippen molar-refractivity contribution in [3.63, 3.8) is 0 Å². The van der Waals surface area contributed by atoms with Gasteiger partial charge in [0.2, 0.25) is 15.9 Å². The van der Waals surface area contributed by atoms with Crippen LogP contribution < -0.4 is 5.32 Å². The van der Waals surface area contributed by atoms with Crippen LogP contribution in [0, 0.1) is 5.82 Å². The van der Waals surface area contributed by atoms with Gasteiger partial charge in [0.25, 0.3) is 0 Å². The van der Waals surface area contributed by atoms with Gasteiger partial charge in [0.1, 0.15) is 12.1 Å². The van der Waals surface area contributed by atoms with Crippen molar-refractivity contribution in [2.24, 2.45) is 0 Å². The highest BCUT2D eigenvalue weighted by Crippen LogP contribution is 2.28. The minimum Gasteiger partial charge on any atom is -0.363 e. The standard InChI is InChI=1S/C17H20FN3O4S/c18-13-6-8-15(9-7-13)26(23,24)21(14-4-2-1-3-5-14)12-17(22)19-16-10-11-25-20-16/h6-11,14H,1-5,12H2,(H,19,20,22). The van der Waals surface area contributed by atoms with Crippen LogP contribution in [0.1, 0.15) is 32.1 Å². The first kappa shape index (κ1) is 18.5. The van der Waals surface area contributed by atoms with E-state index in [2.05, 4.69) is 15.0 Å². The van der Waals surface area contributed by atoms with E-state index in [0.717, 1.165) is 31.4 Å². The highest BCUT2D eigenvalue weighted by molar-refractivity contribution is 7.89. The van der Waals surface area contributed by atoms with Gasteiger partial charge >= 0.3 is 0 Å². The minimum absolute atomic E-state index is 0.0290. The van der Waals surface area contributed by atoms with Crippen LogP contribution in [-0.2, 0) is 14.8 Å². The summed E-state index contributed by atoms with van der Waals surface area (Å²) in [5, 5.41) is 6.10. The summed E-state index contributed by atoms with van der Waals surface area (Å²) in [7, 11) is -3.93. The Hall–Kier alpha value is -2.26. The van der Waals surface area contributed by atoms with E-state index in [9.17, 15) is 17.6 Å². The summed E-state index contributed by atoms with van der Waals surface area (Å²) in [6, 6.07) is 5.84. The van der Waals surface area contributed by atoms with E-state index in [1.807, 2.05) is 0 Å². The Bertz CT molecular complexity index is 831. The van der Waals surface area contributed by atoms with E-state index in [4.69, 9.17) is 0 Å². The van der Waals surface area contributed by atoms with Crippen LogP contribution >= 0.6 is 0 Å². The predicted molar refractivity (Wildman–Crippen MR) is 92.3 cm³/mol. The minimum atomic E-state index is -3.93. The van der Waals surface area contributed by atoms with Gasteiger partial charge < -0.3 is 9.84 Å². The molecular formula is C17H20FN3O4S. The van der Waals surface area contributed by atoms with Crippen LogP contribution in [-0.4, -0.2) is 36.4 Å². The molecule has 140 valence electrons. The lowest BCUT2D eigenvalue weighted by atomic mass is 9.95. The number of sulfonamides is 1. The molecule has 0 unspecified atom stereocenters. The molecule has 26 heavy (non-hydrogen) atoms. The normalized spacial score (nSPS) is 15.9. The van der Waals surface area contributed by atoms with Crippen LogP contribution in [0.5, 0.6) is 0 Å². The molecule has 1 aromatic heterocycles. The fraction of sp³-hybridized carbons (Fsp3) is 0.412. The molecule has 7 nitrogen and oxygen atoms in total. The Morgan fingerprint density at radius 1 is 1.19 bits per heavy atom. The first-order valence-corrected chi connectivity index (χ1v) is 9.88. The van der Waals surface area contributed by atoms with Gasteiger partial charge in [-0.3, -0.25) is 4.79 Å². The second kappa shape index (κ2) is 7.96. The molecule has 0 radical (unpaired) electrons. The zero-order valence-corrected chi connectivity index (χ0v) is 14.9. The lowest BCUT2D eigenvalue weighted by Crippen LogP contribution is -2.45. The number of carbonyl (C=O) groups excluding carboxylic acids is 1. The van der Waals surface area contributed by atoms with E-state index in [0.29, 0.717) is 12.8 Å². The van der Waals surface area contributed by atoms with Crippen LogP contribution in [0.4, 0.5) is 10.2 Å². The molecule has 1 fully saturated rings. The summed E-state index contributed by atoms with van der Waals surface area (Å²) in [6.45, 7) is -0.336. The zero-order valence-electron chi connectivity index (χ0n) is 14.1. The highest BCUT2D eigenvalue weighted by Gasteiger charge is 2.34. The molecule has 1 aliphatic rings. The quantitative estimate of drug-likeness (QED) is 0.831. The second-order valence-electron chi connectivity index (χ2n) is 6.23. The van der Waals surface area contributed by atoms with Gasteiger partial charge in [0.15, 0.2) is 5.82 Å². The number of anilines is 1. The SMILES string of the molecule is O=C(CN(C1CCCCC1)S(=O)(=O)c1ccc(F)cc1)Nc1ccon1. The fourth-order valence-corrected chi connectivity index (χ4v) is 4.76. The third kappa shape index (κ3) is 4.28. The molecule has 2 aromatic rings. The number of nitrogens with zero attached hydrogens (tertiary/aromatic N) is 2. The van der Waals surface area contributed by atoms with Crippen LogP contribution in [0.25, 0.3) is 0 Å². The number of nitrogens with one attached hydrogen (secondary N) is 1. The summed E-state index contributed by atoms with van der Waals surface area (Å²) in [4.78, 5) is 12.3. The van der Waals surface area contributed by atoms with Gasteiger partial charge in [-0.15, -0.1) is 0 Å². The Morgan fingerprint density at radius 2 is 1.88 bits per heavy atom. The van der Waals surface area contributed by atoms with E-state index >= 15 is 0 Å². The largest absolute Gasteiger partial charge is 0.363 e. The predicted octanol–water partition coefficient (Wildman–Crippen LogP) is 2.78. The van der Waals surface area contributed by atoms with Gasteiger partial charge in [-0.2, -0.15) is 4.31 Å². The number of rotatable bonds is 6. The first-order valence-electron chi connectivity index (χ1n) is 8.44. The number of carbonyl (C=O) groups is 1. The molecule has 1 aliphatic carbocycles. The number of amides is 1. The first-order chi connectivity index (χ1) is 12.5. The third-order valence-electron chi connectivity index (χ3n) is 4.41. The van der Waals surface area contributed by atoms with Crippen LogP contribution in [0.3, 0.4) is 0 Å². The molecule has 1 saturated carbocycles. The smallest absolute Gasteiger partial charge is 0.243 e. The third-order valence-corrected chi connectivity index (χ3v) is 6.32. The van der Waals surface area contributed by atoms with Crippen LogP contribution in [0.2, 0.25) is 0 Å². The molecular weight excluding hydrogens is 361 g/mol. The van der Waals surface area contributed by atoms with Gasteiger partial charge in [0, 0.05) is 12.1 Å². The van der Waals surface area contributed by atoms with E-state index in [1.165, 1.54) is 28.8 Å². The fourth-order valence-electron chi connectivity index (χ4n) is 3.12. The van der Waals surface area contributed by atoms with Crippen molar-refractivity contribution in [2.75, 3.05) is 11.9 Å². The van der Waals surface area contributed by atoms with Gasteiger partial charge in [-0.1, -0.05) is 24.4 Å². The van der Waals surface area contributed by atoms with Crippen molar-refractivity contribution in [1.29, 1.82) is 0 Å². The maximum atomic E-state index is 13.2. The van der Waals surface area contributed by atoms with Crippen molar-refractivity contribution < 1.29 is 22.1 Å². The number of hydrogen-bond donors (Lipinski definition) is 1. The van der Waals surface area contributed by atoms with Crippen molar-refractivity contribution in [3.8, 4) is 0 Å². The molecule has 0 spiro atoms. The zero-order chi connectivity index (χ0) is 18.6. The van der Waals surface area contributed by atoms with Crippen molar-refractivity contribution in [2.45, 2.75) is 43.0 Å². The topological polar surface area (TPSA) is 92.5 Å². The highest BCUT2D eigenvalue weighted by atomic mass is 32.2. The van der Waals surface area contributed by atoms with Crippen molar-refractivity contribution >= 4 is 21.7 Å². The van der Waals surface area contributed by atoms with E-state index in [1.54, 1.807) is 0 Å². The van der Waals surface area contributed by atoms with Crippen molar-refractivity contribution in [3.05, 3.63) is 42.4 Å². The van der Waals surface area contributed by atoms with Gasteiger partial charge in [0.05, 0.1) is 11.4 Å². The number of halogens is 1. The molecule has 1 amide bonds. The summed E-state index contributed by atoms with van der Waals surface area (Å²) >= 11 is 0. The summed E-state index contributed by atoms with van der Waals surface area (Å²) in [5.74, 6) is -0.801. The molecule has 9 heteroatoms. The summed E-state index contributed by atoms with van der Waals surface area (Å²) in [6.07, 6.45) is 5.56. The summed E-state index contributed by atoms with van der Waals surface area (Å²) in [5.41, 5.74) is 0. The molecule has 1 heterocycles. The second-order valence-corrected chi connectivity index (χ2v) is 8.12. The lowest BCUT2D eigenvalue weighted by Gasteiger charge is -2.32. The number of hydrogen-bond acceptors (Lipinski definition) is 5. The molecule has 0 aliphatic heterocycles. The molecule has 0 atom stereocenters. The Kier molecular flexibility index (Phi) is 5.67. The maximum Gasteiger partial charge on any atom is 0.243 e. The van der Waals surface area contributed by atoms with Crippen LogP contribution in [0.15, 0.2) is 46.0 Å². The maximum absolute atomic E-state index is 13.2. The van der Waals surface area contributed by atoms with Gasteiger partial charge in [-0.25, -0.2) is 12.8 Å². The van der Waals surface area contributed by atoms with Gasteiger partial charge in [-0.05, 0) is 37.1 Å². The van der Waals surface area contributed by atoms with Crippen molar-refractivity contribution in [1.82, 2.24) is 9.46 Å². The number of benzene rings is 1. The lowest BCUT2D eigenvalue weighted by molar-refractivity contribution is -0.116. The molecule has 3 rings (SSSR count). The Morgan fingerprint density at radius 3 is 2.50 bits per heavy atom. The molecule has 1 N–H and O–H groups in total. The number of aromatic nitrogens is 1. The molecule has 1 aromatic carbocycles. The Labute approximate surface area is 151 Å². The average molecular weight is 381 g/mol. The average Bonchev–Trinajstić information content (AvgIpc) is 3.13. The molecule has 0 saturated heterocycles. The Balaban J connectivity index is 1.84. The summed E-state index contributed by atoms with van der Waals surface area (Å²) < 4.78 is 45.2. The monoisotopic (exact) mass is 381 g/mol.